The Morgan fingerprint density at radius 2 is 1.92 bits per heavy atom. The average molecular weight is 343 g/mol. The van der Waals surface area contributed by atoms with Gasteiger partial charge in [-0.05, 0) is 24.6 Å². The molecule has 0 saturated heterocycles. The number of hydrogen-bond acceptors (Lipinski definition) is 4. The third-order valence-electron chi connectivity index (χ3n) is 3.78. The predicted molar refractivity (Wildman–Crippen MR) is 77.9 cm³/mol. The van der Waals surface area contributed by atoms with E-state index in [4.69, 9.17) is 4.74 Å². The van der Waals surface area contributed by atoms with Crippen LogP contribution < -0.4 is 0 Å². The summed E-state index contributed by atoms with van der Waals surface area (Å²) in [5.74, 6) is -2.08. The molecule has 1 heterocycles. The highest BCUT2D eigenvalue weighted by atomic mass is 19.4. The number of carbonyl (C=O) groups is 2. The summed E-state index contributed by atoms with van der Waals surface area (Å²) in [5, 5.41) is 10.0. The van der Waals surface area contributed by atoms with Crippen LogP contribution in [-0.4, -0.2) is 35.5 Å². The first-order valence-electron chi connectivity index (χ1n) is 7.20. The third-order valence-corrected chi connectivity index (χ3v) is 3.78. The number of esters is 1. The molecule has 1 aliphatic rings. The summed E-state index contributed by atoms with van der Waals surface area (Å²) in [5.41, 5.74) is -0.821. The van der Waals surface area contributed by atoms with E-state index in [9.17, 15) is 27.9 Å². The lowest BCUT2D eigenvalue weighted by Crippen LogP contribution is -2.39. The quantitative estimate of drug-likeness (QED) is 0.677. The SMILES string of the molecule is CCOC(=O)C1=C(O)CC(c2ccc(C(F)(F)F)cc2)N(C)C1=O. The van der Waals surface area contributed by atoms with E-state index in [1.807, 2.05) is 0 Å². The van der Waals surface area contributed by atoms with E-state index in [0.717, 1.165) is 12.1 Å². The van der Waals surface area contributed by atoms with Crippen molar-refractivity contribution in [2.45, 2.75) is 25.6 Å². The minimum absolute atomic E-state index is 0.0505. The Bertz CT molecular complexity index is 680. The number of alkyl halides is 3. The van der Waals surface area contributed by atoms with Gasteiger partial charge in [-0.3, -0.25) is 4.79 Å². The second-order valence-electron chi connectivity index (χ2n) is 5.30. The molecule has 0 bridgehead atoms. The van der Waals surface area contributed by atoms with Crippen molar-refractivity contribution in [2.24, 2.45) is 0 Å². The number of likely N-dealkylation sites (N-methyl/N-ethyl adjacent to an activating group) is 1. The number of aliphatic hydroxyl groups excluding tert-OH is 1. The standard InChI is InChI=1S/C16H16F3NO4/c1-3-24-15(23)13-12(21)8-11(20(2)14(13)22)9-4-6-10(7-5-9)16(17,18)19/h4-7,11,21H,3,8H2,1-2H3. The Morgan fingerprint density at radius 3 is 2.42 bits per heavy atom. The second-order valence-corrected chi connectivity index (χ2v) is 5.30. The van der Waals surface area contributed by atoms with Crippen molar-refractivity contribution >= 4 is 11.9 Å². The van der Waals surface area contributed by atoms with Gasteiger partial charge in [0.15, 0.2) is 5.57 Å². The minimum Gasteiger partial charge on any atom is -0.511 e. The van der Waals surface area contributed by atoms with Crippen molar-refractivity contribution in [1.82, 2.24) is 4.90 Å². The van der Waals surface area contributed by atoms with Crippen LogP contribution in [0.3, 0.4) is 0 Å². The molecule has 24 heavy (non-hydrogen) atoms. The van der Waals surface area contributed by atoms with E-state index in [0.29, 0.717) is 5.56 Å². The Labute approximate surface area is 136 Å². The Hall–Kier alpha value is -2.51. The van der Waals surface area contributed by atoms with Crippen LogP contribution in [-0.2, 0) is 20.5 Å². The van der Waals surface area contributed by atoms with Gasteiger partial charge in [-0.1, -0.05) is 12.1 Å². The van der Waals surface area contributed by atoms with E-state index in [1.54, 1.807) is 6.92 Å². The summed E-state index contributed by atoms with van der Waals surface area (Å²) >= 11 is 0. The zero-order chi connectivity index (χ0) is 18.1. The van der Waals surface area contributed by atoms with Crippen LogP contribution in [0.1, 0.15) is 30.5 Å². The van der Waals surface area contributed by atoms with Crippen molar-refractivity contribution in [3.63, 3.8) is 0 Å². The summed E-state index contributed by atoms with van der Waals surface area (Å²) in [7, 11) is 1.41. The molecule has 5 nitrogen and oxygen atoms in total. The van der Waals surface area contributed by atoms with E-state index in [1.165, 1.54) is 24.1 Å². The van der Waals surface area contributed by atoms with Gasteiger partial charge in [-0.15, -0.1) is 0 Å². The zero-order valence-corrected chi connectivity index (χ0v) is 13.1. The van der Waals surface area contributed by atoms with Gasteiger partial charge in [-0.2, -0.15) is 13.2 Å². The van der Waals surface area contributed by atoms with Crippen LogP contribution in [0.25, 0.3) is 0 Å². The molecular formula is C16H16F3NO4. The van der Waals surface area contributed by atoms with Gasteiger partial charge in [0, 0.05) is 13.5 Å². The van der Waals surface area contributed by atoms with Crippen LogP contribution in [0.4, 0.5) is 13.2 Å². The van der Waals surface area contributed by atoms with Crippen molar-refractivity contribution in [3.05, 3.63) is 46.7 Å². The van der Waals surface area contributed by atoms with Gasteiger partial charge >= 0.3 is 12.1 Å². The molecule has 1 atom stereocenters. The molecule has 1 N–H and O–H groups in total. The van der Waals surface area contributed by atoms with Gasteiger partial charge in [0.1, 0.15) is 5.76 Å². The van der Waals surface area contributed by atoms with Gasteiger partial charge in [0.2, 0.25) is 0 Å². The number of rotatable bonds is 3. The first-order valence-corrected chi connectivity index (χ1v) is 7.20. The van der Waals surface area contributed by atoms with Crippen molar-refractivity contribution in [3.8, 4) is 0 Å². The summed E-state index contributed by atoms with van der Waals surface area (Å²) in [6, 6.07) is 3.66. The summed E-state index contributed by atoms with van der Waals surface area (Å²) in [6.07, 6.45) is -4.53. The molecular weight excluding hydrogens is 327 g/mol. The normalized spacial score (nSPS) is 18.8. The van der Waals surface area contributed by atoms with Gasteiger partial charge in [-0.25, -0.2) is 4.79 Å². The van der Waals surface area contributed by atoms with Crippen LogP contribution in [0.15, 0.2) is 35.6 Å². The number of amides is 1. The first kappa shape index (κ1) is 17.8. The van der Waals surface area contributed by atoms with E-state index in [2.05, 4.69) is 0 Å². The molecule has 1 aromatic rings. The fourth-order valence-electron chi connectivity index (χ4n) is 2.51. The molecule has 8 heteroatoms. The monoisotopic (exact) mass is 343 g/mol. The van der Waals surface area contributed by atoms with Crippen molar-refractivity contribution < 1.29 is 32.6 Å². The molecule has 0 radical (unpaired) electrons. The number of ether oxygens (including phenoxy) is 1. The van der Waals surface area contributed by atoms with E-state index < -0.39 is 41.0 Å². The highest BCUT2D eigenvalue weighted by molar-refractivity contribution is 6.17. The predicted octanol–water partition coefficient (Wildman–Crippen LogP) is 2.98. The second kappa shape index (κ2) is 6.54. The van der Waals surface area contributed by atoms with Crippen LogP contribution in [0.5, 0.6) is 0 Å². The minimum atomic E-state index is -4.45. The van der Waals surface area contributed by atoms with Crippen LogP contribution in [0.2, 0.25) is 0 Å². The highest BCUT2D eigenvalue weighted by Crippen LogP contribution is 2.35. The lowest BCUT2D eigenvalue weighted by Gasteiger charge is -2.33. The number of carbonyl (C=O) groups excluding carboxylic acids is 2. The lowest BCUT2D eigenvalue weighted by atomic mass is 9.94. The summed E-state index contributed by atoms with van der Waals surface area (Å²) in [6.45, 7) is 1.62. The lowest BCUT2D eigenvalue weighted by molar-refractivity contribution is -0.143. The largest absolute Gasteiger partial charge is 0.511 e. The molecule has 1 unspecified atom stereocenters. The van der Waals surface area contributed by atoms with Gasteiger partial charge in [0.25, 0.3) is 5.91 Å². The van der Waals surface area contributed by atoms with Crippen LogP contribution >= 0.6 is 0 Å². The third kappa shape index (κ3) is 3.37. The molecule has 1 aromatic carbocycles. The van der Waals surface area contributed by atoms with Gasteiger partial charge < -0.3 is 14.7 Å². The topological polar surface area (TPSA) is 66.8 Å². The molecule has 0 aromatic heterocycles. The summed E-state index contributed by atoms with van der Waals surface area (Å²) in [4.78, 5) is 25.2. The highest BCUT2D eigenvalue weighted by Gasteiger charge is 2.38. The Morgan fingerprint density at radius 1 is 1.33 bits per heavy atom. The molecule has 0 spiro atoms. The first-order chi connectivity index (χ1) is 11.2. The average Bonchev–Trinajstić information content (AvgIpc) is 2.50. The molecule has 0 aliphatic carbocycles. The molecule has 1 amide bonds. The number of nitrogens with zero attached hydrogens (tertiary/aromatic N) is 1. The van der Waals surface area contributed by atoms with Gasteiger partial charge in [0.05, 0.1) is 18.2 Å². The molecule has 1 aliphatic heterocycles. The number of hydrogen-bond donors (Lipinski definition) is 1. The fraction of sp³-hybridized carbons (Fsp3) is 0.375. The maximum absolute atomic E-state index is 12.6. The number of aliphatic hydroxyl groups is 1. The van der Waals surface area contributed by atoms with Crippen molar-refractivity contribution in [1.29, 1.82) is 0 Å². The zero-order valence-electron chi connectivity index (χ0n) is 13.1. The molecule has 0 saturated carbocycles. The van der Waals surface area contributed by atoms with Crippen molar-refractivity contribution in [2.75, 3.05) is 13.7 Å². The smallest absolute Gasteiger partial charge is 0.416 e. The molecule has 130 valence electrons. The summed E-state index contributed by atoms with van der Waals surface area (Å²) < 4.78 is 42.6. The molecule has 0 fully saturated rings. The van der Waals surface area contributed by atoms with Crippen LogP contribution in [0, 0.1) is 0 Å². The molecule has 2 rings (SSSR count). The number of benzene rings is 1. The number of halogens is 3. The Balaban J connectivity index is 2.31. The Kier molecular flexibility index (Phi) is 4.86. The van der Waals surface area contributed by atoms with E-state index in [-0.39, 0.29) is 13.0 Å². The maximum atomic E-state index is 12.6. The maximum Gasteiger partial charge on any atom is 0.416 e. The fourth-order valence-corrected chi connectivity index (χ4v) is 2.51. The van der Waals surface area contributed by atoms with E-state index >= 15 is 0 Å².